The minimum atomic E-state index is 0.0660. The average Bonchev–Trinajstić information content (AvgIpc) is 2.28. The van der Waals surface area contributed by atoms with Gasteiger partial charge < -0.3 is 19.9 Å². The molecule has 0 atom stereocenters. The van der Waals surface area contributed by atoms with Gasteiger partial charge in [0.1, 0.15) is 6.61 Å². The molecule has 0 amide bonds. The summed E-state index contributed by atoms with van der Waals surface area (Å²) in [5.74, 6) is 0.0660. The molecule has 7 heteroatoms. The lowest BCUT2D eigenvalue weighted by Crippen LogP contribution is -2.10. The van der Waals surface area contributed by atoms with Gasteiger partial charge in [0.2, 0.25) is 5.95 Å². The van der Waals surface area contributed by atoms with Crippen LogP contribution in [0.5, 0.6) is 12.0 Å². The highest BCUT2D eigenvalue weighted by Crippen LogP contribution is 2.09. The SMILES string of the molecule is CCCOCCOc1nc(N)nc(OC)n1. The van der Waals surface area contributed by atoms with Crippen LogP contribution in [-0.4, -0.2) is 41.9 Å². The molecule has 0 saturated carbocycles. The quantitative estimate of drug-likeness (QED) is 0.669. The Morgan fingerprint density at radius 2 is 1.81 bits per heavy atom. The fraction of sp³-hybridized carbons (Fsp3) is 0.667. The summed E-state index contributed by atoms with van der Waals surface area (Å²) in [6.45, 7) is 3.61. The van der Waals surface area contributed by atoms with Crippen LogP contribution in [0, 0.1) is 0 Å². The van der Waals surface area contributed by atoms with Gasteiger partial charge in [-0.05, 0) is 6.42 Å². The summed E-state index contributed by atoms with van der Waals surface area (Å²) >= 11 is 0. The highest BCUT2D eigenvalue weighted by Gasteiger charge is 2.04. The lowest BCUT2D eigenvalue weighted by atomic mass is 10.5. The second-order valence-electron chi connectivity index (χ2n) is 2.92. The van der Waals surface area contributed by atoms with Gasteiger partial charge in [-0.1, -0.05) is 6.92 Å². The molecular weight excluding hydrogens is 212 g/mol. The molecule has 0 bridgehead atoms. The van der Waals surface area contributed by atoms with E-state index in [2.05, 4.69) is 15.0 Å². The van der Waals surface area contributed by atoms with E-state index >= 15 is 0 Å². The highest BCUT2D eigenvalue weighted by atomic mass is 16.5. The Kier molecular flexibility index (Phi) is 5.27. The first-order valence-corrected chi connectivity index (χ1v) is 5.02. The fourth-order valence-corrected chi connectivity index (χ4v) is 0.947. The summed E-state index contributed by atoms with van der Waals surface area (Å²) in [6.07, 6.45) is 0.979. The molecule has 0 unspecified atom stereocenters. The van der Waals surface area contributed by atoms with E-state index in [1.165, 1.54) is 7.11 Å². The average molecular weight is 228 g/mol. The van der Waals surface area contributed by atoms with Crippen molar-refractivity contribution in [3.05, 3.63) is 0 Å². The number of nitrogens with two attached hydrogens (primary N) is 1. The van der Waals surface area contributed by atoms with Crippen LogP contribution in [-0.2, 0) is 4.74 Å². The van der Waals surface area contributed by atoms with Crippen molar-refractivity contribution in [3.8, 4) is 12.0 Å². The summed E-state index contributed by atoms with van der Waals surface area (Å²) in [7, 11) is 1.45. The van der Waals surface area contributed by atoms with E-state index in [0.717, 1.165) is 6.42 Å². The largest absolute Gasteiger partial charge is 0.467 e. The van der Waals surface area contributed by atoms with E-state index in [1.54, 1.807) is 0 Å². The number of methoxy groups -OCH3 is 1. The second-order valence-corrected chi connectivity index (χ2v) is 2.92. The van der Waals surface area contributed by atoms with Crippen molar-refractivity contribution in [1.82, 2.24) is 15.0 Å². The minimum Gasteiger partial charge on any atom is -0.467 e. The molecule has 0 aromatic carbocycles. The molecule has 16 heavy (non-hydrogen) atoms. The van der Waals surface area contributed by atoms with Gasteiger partial charge in [0.15, 0.2) is 0 Å². The molecule has 1 rings (SSSR count). The number of nitrogen functional groups attached to an aromatic ring is 1. The summed E-state index contributed by atoms with van der Waals surface area (Å²) in [5.41, 5.74) is 5.43. The minimum absolute atomic E-state index is 0.0660. The highest BCUT2D eigenvalue weighted by molar-refractivity contribution is 5.20. The molecule has 0 aliphatic heterocycles. The van der Waals surface area contributed by atoms with Gasteiger partial charge >= 0.3 is 12.0 Å². The molecule has 7 nitrogen and oxygen atoms in total. The van der Waals surface area contributed by atoms with Gasteiger partial charge in [-0.3, -0.25) is 0 Å². The molecule has 90 valence electrons. The maximum absolute atomic E-state index is 5.43. The van der Waals surface area contributed by atoms with Crippen molar-refractivity contribution in [2.24, 2.45) is 0 Å². The lowest BCUT2D eigenvalue weighted by molar-refractivity contribution is 0.0968. The Morgan fingerprint density at radius 1 is 1.06 bits per heavy atom. The van der Waals surface area contributed by atoms with Gasteiger partial charge in [-0.15, -0.1) is 4.98 Å². The molecule has 0 aliphatic rings. The summed E-state index contributed by atoms with van der Waals surface area (Å²) < 4.78 is 15.3. The van der Waals surface area contributed by atoms with Crippen molar-refractivity contribution in [2.75, 3.05) is 32.7 Å². The maximum Gasteiger partial charge on any atom is 0.324 e. The van der Waals surface area contributed by atoms with Gasteiger partial charge in [0.25, 0.3) is 0 Å². The molecule has 1 heterocycles. The van der Waals surface area contributed by atoms with E-state index in [-0.39, 0.29) is 18.0 Å². The maximum atomic E-state index is 5.43. The van der Waals surface area contributed by atoms with E-state index < -0.39 is 0 Å². The smallest absolute Gasteiger partial charge is 0.324 e. The summed E-state index contributed by atoms with van der Waals surface area (Å²) in [4.78, 5) is 11.4. The van der Waals surface area contributed by atoms with E-state index in [1.807, 2.05) is 6.92 Å². The normalized spacial score (nSPS) is 10.1. The first-order valence-electron chi connectivity index (χ1n) is 5.02. The van der Waals surface area contributed by atoms with E-state index in [0.29, 0.717) is 19.8 Å². The van der Waals surface area contributed by atoms with Crippen LogP contribution in [0.2, 0.25) is 0 Å². The molecule has 0 radical (unpaired) electrons. The third-order valence-corrected chi connectivity index (χ3v) is 1.60. The number of ether oxygens (including phenoxy) is 3. The van der Waals surface area contributed by atoms with Gasteiger partial charge in [0.05, 0.1) is 13.7 Å². The number of anilines is 1. The zero-order chi connectivity index (χ0) is 11.8. The summed E-state index contributed by atoms with van der Waals surface area (Å²) in [6, 6.07) is 0.279. The number of aromatic nitrogens is 3. The Balaban J connectivity index is 2.38. The Hall–Kier alpha value is -1.63. The molecule has 0 aliphatic carbocycles. The van der Waals surface area contributed by atoms with Crippen molar-refractivity contribution < 1.29 is 14.2 Å². The van der Waals surface area contributed by atoms with Crippen LogP contribution in [0.4, 0.5) is 5.95 Å². The first kappa shape index (κ1) is 12.4. The van der Waals surface area contributed by atoms with Crippen molar-refractivity contribution in [3.63, 3.8) is 0 Å². The van der Waals surface area contributed by atoms with Gasteiger partial charge in [0, 0.05) is 6.61 Å². The van der Waals surface area contributed by atoms with Crippen LogP contribution < -0.4 is 15.2 Å². The van der Waals surface area contributed by atoms with E-state index in [9.17, 15) is 0 Å². The van der Waals surface area contributed by atoms with Crippen molar-refractivity contribution in [1.29, 1.82) is 0 Å². The molecule has 0 fully saturated rings. The molecular formula is C9H16N4O3. The predicted octanol–water partition coefficient (Wildman–Crippen LogP) is 0.268. The van der Waals surface area contributed by atoms with Crippen LogP contribution in [0.3, 0.4) is 0 Å². The third-order valence-electron chi connectivity index (χ3n) is 1.60. The predicted molar refractivity (Wildman–Crippen MR) is 57.4 cm³/mol. The molecule has 0 saturated heterocycles. The van der Waals surface area contributed by atoms with Crippen molar-refractivity contribution in [2.45, 2.75) is 13.3 Å². The van der Waals surface area contributed by atoms with Gasteiger partial charge in [-0.2, -0.15) is 9.97 Å². The van der Waals surface area contributed by atoms with Crippen LogP contribution >= 0.6 is 0 Å². The molecule has 0 spiro atoms. The standard InChI is InChI=1S/C9H16N4O3/c1-3-4-15-5-6-16-9-12-7(10)11-8(13-9)14-2/h3-6H2,1-2H3,(H2,10,11,12,13). The fourth-order valence-electron chi connectivity index (χ4n) is 0.947. The van der Waals surface area contributed by atoms with Crippen molar-refractivity contribution >= 4 is 5.95 Å². The zero-order valence-corrected chi connectivity index (χ0v) is 9.47. The van der Waals surface area contributed by atoms with Crippen LogP contribution in [0.1, 0.15) is 13.3 Å². The molecule has 2 N–H and O–H groups in total. The van der Waals surface area contributed by atoms with Crippen LogP contribution in [0.15, 0.2) is 0 Å². The Labute approximate surface area is 94.0 Å². The number of hydrogen-bond acceptors (Lipinski definition) is 7. The van der Waals surface area contributed by atoms with Gasteiger partial charge in [-0.25, -0.2) is 0 Å². The number of rotatable bonds is 7. The zero-order valence-electron chi connectivity index (χ0n) is 9.47. The number of hydrogen-bond donors (Lipinski definition) is 1. The first-order chi connectivity index (χ1) is 7.76. The number of nitrogens with zero attached hydrogens (tertiary/aromatic N) is 3. The Bertz CT molecular complexity index is 322. The summed E-state index contributed by atoms with van der Waals surface area (Å²) in [5, 5.41) is 0. The second kappa shape index (κ2) is 6.78. The monoisotopic (exact) mass is 228 g/mol. The third kappa shape index (κ3) is 4.26. The lowest BCUT2D eigenvalue weighted by Gasteiger charge is -2.06. The molecule has 1 aromatic rings. The van der Waals surface area contributed by atoms with E-state index in [4.69, 9.17) is 19.9 Å². The molecule has 1 aromatic heterocycles. The topological polar surface area (TPSA) is 92.4 Å². The Morgan fingerprint density at radius 3 is 2.50 bits per heavy atom. The van der Waals surface area contributed by atoms with Crippen LogP contribution in [0.25, 0.3) is 0 Å².